The minimum Gasteiger partial charge on any atom is -0.508 e. The minimum atomic E-state index is -0.593. The zero-order chi connectivity index (χ0) is 15.9. The molecule has 0 aliphatic carbocycles. The summed E-state index contributed by atoms with van der Waals surface area (Å²) in [5.74, 6) is 1.15. The van der Waals surface area contributed by atoms with Crippen molar-refractivity contribution in [2.45, 2.75) is 36.9 Å². The van der Waals surface area contributed by atoms with Crippen LogP contribution in [-0.4, -0.2) is 28.0 Å². The van der Waals surface area contributed by atoms with Gasteiger partial charge < -0.3 is 15.5 Å². The summed E-state index contributed by atoms with van der Waals surface area (Å²) in [6, 6.07) is 17.2. The van der Waals surface area contributed by atoms with Crippen LogP contribution in [0.5, 0.6) is 5.75 Å². The summed E-state index contributed by atoms with van der Waals surface area (Å²) in [5, 5.41) is 23.1. The maximum absolute atomic E-state index is 10.4. The van der Waals surface area contributed by atoms with Crippen molar-refractivity contribution in [3.8, 4) is 5.75 Å². The number of thioether (sulfide) groups is 1. The van der Waals surface area contributed by atoms with Crippen LogP contribution in [0.3, 0.4) is 0 Å². The molecular formula is C18H23NO2S. The molecule has 0 saturated carbocycles. The second-order valence-electron chi connectivity index (χ2n) is 5.52. The first-order chi connectivity index (χ1) is 10.6. The molecule has 2 rings (SSSR count). The molecule has 0 aliphatic rings. The molecule has 22 heavy (non-hydrogen) atoms. The zero-order valence-corrected chi connectivity index (χ0v) is 13.8. The topological polar surface area (TPSA) is 52.5 Å². The Kier molecular flexibility index (Phi) is 6.31. The summed E-state index contributed by atoms with van der Waals surface area (Å²) in [6.07, 6.45) is -0.593. The summed E-state index contributed by atoms with van der Waals surface area (Å²) in [5.41, 5.74) is 0.806. The Labute approximate surface area is 136 Å². The third-order valence-corrected chi connectivity index (χ3v) is 4.77. The van der Waals surface area contributed by atoms with E-state index >= 15 is 0 Å². The monoisotopic (exact) mass is 317 g/mol. The smallest absolute Gasteiger partial charge is 0.115 e. The molecule has 3 unspecified atom stereocenters. The van der Waals surface area contributed by atoms with Crippen molar-refractivity contribution in [3.63, 3.8) is 0 Å². The van der Waals surface area contributed by atoms with Gasteiger partial charge in [-0.25, -0.2) is 0 Å². The molecule has 0 bridgehead atoms. The van der Waals surface area contributed by atoms with Crippen molar-refractivity contribution in [1.82, 2.24) is 5.32 Å². The van der Waals surface area contributed by atoms with E-state index in [1.54, 1.807) is 36.0 Å². The Morgan fingerprint density at radius 1 is 1.00 bits per heavy atom. The normalized spacial score (nSPS) is 15.2. The predicted molar refractivity (Wildman–Crippen MR) is 92.3 cm³/mol. The molecule has 0 spiro atoms. The summed E-state index contributed by atoms with van der Waals surface area (Å²) in [6.45, 7) is 4.09. The highest BCUT2D eigenvalue weighted by Crippen LogP contribution is 2.21. The van der Waals surface area contributed by atoms with E-state index in [9.17, 15) is 10.2 Å². The number of phenolic OH excluding ortho intramolecular Hbond substituents is 1. The van der Waals surface area contributed by atoms with E-state index in [2.05, 4.69) is 24.4 Å². The Balaban J connectivity index is 1.82. The van der Waals surface area contributed by atoms with Crippen molar-refractivity contribution >= 4 is 11.8 Å². The van der Waals surface area contributed by atoms with Crippen LogP contribution >= 0.6 is 11.8 Å². The number of rotatable bonds is 7. The maximum Gasteiger partial charge on any atom is 0.115 e. The van der Waals surface area contributed by atoms with Crippen molar-refractivity contribution < 1.29 is 10.2 Å². The second-order valence-corrected chi connectivity index (χ2v) is 6.61. The van der Waals surface area contributed by atoms with Crippen molar-refractivity contribution in [2.75, 3.05) is 5.75 Å². The number of phenols is 1. The fourth-order valence-corrected chi connectivity index (χ4v) is 3.17. The molecule has 0 radical (unpaired) electrons. The van der Waals surface area contributed by atoms with E-state index < -0.39 is 6.10 Å². The lowest BCUT2D eigenvalue weighted by Gasteiger charge is -2.24. The maximum atomic E-state index is 10.4. The van der Waals surface area contributed by atoms with Gasteiger partial charge in [0.05, 0.1) is 6.10 Å². The standard InChI is InChI=1S/C18H23NO2S/c1-13(12-22-17-6-4-3-5-7-17)19-14(2)18(21)15-8-10-16(20)11-9-15/h3-11,13-14,18-21H,12H2,1-2H3. The molecule has 0 aliphatic heterocycles. The molecule has 0 heterocycles. The Morgan fingerprint density at radius 2 is 1.64 bits per heavy atom. The largest absolute Gasteiger partial charge is 0.508 e. The molecular weight excluding hydrogens is 294 g/mol. The number of aliphatic hydroxyl groups is 1. The molecule has 0 aromatic heterocycles. The number of nitrogens with one attached hydrogen (secondary N) is 1. The summed E-state index contributed by atoms with van der Waals surface area (Å²) < 4.78 is 0. The van der Waals surface area contributed by atoms with Gasteiger partial charge in [-0.15, -0.1) is 11.8 Å². The highest BCUT2D eigenvalue weighted by molar-refractivity contribution is 7.99. The van der Waals surface area contributed by atoms with Gasteiger partial charge in [0.2, 0.25) is 0 Å². The van der Waals surface area contributed by atoms with Gasteiger partial charge in [0.1, 0.15) is 5.75 Å². The molecule has 3 N–H and O–H groups in total. The van der Waals surface area contributed by atoms with Gasteiger partial charge in [0, 0.05) is 22.7 Å². The van der Waals surface area contributed by atoms with Crippen LogP contribution in [0.25, 0.3) is 0 Å². The fourth-order valence-electron chi connectivity index (χ4n) is 2.29. The van der Waals surface area contributed by atoms with Crippen molar-refractivity contribution in [3.05, 3.63) is 60.2 Å². The molecule has 0 saturated heterocycles. The molecule has 3 nitrogen and oxygen atoms in total. The van der Waals surface area contributed by atoms with E-state index in [-0.39, 0.29) is 17.8 Å². The minimum absolute atomic E-state index is 0.0593. The van der Waals surface area contributed by atoms with E-state index in [1.807, 2.05) is 25.1 Å². The SMILES string of the molecule is CC(CSc1ccccc1)NC(C)C(O)c1ccc(O)cc1. The van der Waals surface area contributed by atoms with Crippen LogP contribution in [0.15, 0.2) is 59.5 Å². The lowest BCUT2D eigenvalue weighted by Crippen LogP contribution is -2.39. The molecule has 0 amide bonds. The van der Waals surface area contributed by atoms with Gasteiger partial charge in [0.15, 0.2) is 0 Å². The average molecular weight is 317 g/mol. The first-order valence-corrected chi connectivity index (χ1v) is 8.45. The van der Waals surface area contributed by atoms with E-state index in [4.69, 9.17) is 0 Å². The molecule has 118 valence electrons. The molecule has 0 fully saturated rings. The van der Waals surface area contributed by atoms with Crippen LogP contribution in [0, 0.1) is 0 Å². The van der Waals surface area contributed by atoms with Crippen LogP contribution in [0.1, 0.15) is 25.5 Å². The number of hydrogen-bond donors (Lipinski definition) is 3. The van der Waals surface area contributed by atoms with Crippen LogP contribution in [-0.2, 0) is 0 Å². The highest BCUT2D eigenvalue weighted by Gasteiger charge is 2.18. The average Bonchev–Trinajstić information content (AvgIpc) is 2.54. The van der Waals surface area contributed by atoms with Crippen LogP contribution < -0.4 is 5.32 Å². The zero-order valence-electron chi connectivity index (χ0n) is 12.9. The first kappa shape index (κ1) is 16.9. The number of aliphatic hydroxyl groups excluding tert-OH is 1. The van der Waals surface area contributed by atoms with Crippen molar-refractivity contribution in [1.29, 1.82) is 0 Å². The molecule has 3 atom stereocenters. The molecule has 4 heteroatoms. The molecule has 2 aromatic carbocycles. The lowest BCUT2D eigenvalue weighted by molar-refractivity contribution is 0.132. The van der Waals surface area contributed by atoms with Gasteiger partial charge in [0.25, 0.3) is 0 Å². The quantitative estimate of drug-likeness (QED) is 0.683. The third-order valence-electron chi connectivity index (χ3n) is 3.50. The van der Waals surface area contributed by atoms with Gasteiger partial charge in [-0.05, 0) is 43.7 Å². The van der Waals surface area contributed by atoms with Gasteiger partial charge in [-0.1, -0.05) is 30.3 Å². The van der Waals surface area contributed by atoms with E-state index in [0.29, 0.717) is 0 Å². The first-order valence-electron chi connectivity index (χ1n) is 7.47. The fraction of sp³-hybridized carbons (Fsp3) is 0.333. The Morgan fingerprint density at radius 3 is 2.27 bits per heavy atom. The number of benzene rings is 2. The van der Waals surface area contributed by atoms with E-state index in [1.165, 1.54) is 4.90 Å². The summed E-state index contributed by atoms with van der Waals surface area (Å²) in [7, 11) is 0. The summed E-state index contributed by atoms with van der Waals surface area (Å²) in [4.78, 5) is 1.25. The van der Waals surface area contributed by atoms with Gasteiger partial charge in [-0.3, -0.25) is 0 Å². The third kappa shape index (κ3) is 5.05. The van der Waals surface area contributed by atoms with Crippen molar-refractivity contribution in [2.24, 2.45) is 0 Å². The Bertz CT molecular complexity index is 559. The van der Waals surface area contributed by atoms with Gasteiger partial charge in [-0.2, -0.15) is 0 Å². The van der Waals surface area contributed by atoms with Gasteiger partial charge >= 0.3 is 0 Å². The molecule has 2 aromatic rings. The predicted octanol–water partition coefficient (Wildman–Crippen LogP) is 3.58. The second kappa shape index (κ2) is 8.22. The lowest BCUT2D eigenvalue weighted by atomic mass is 10.0. The number of aromatic hydroxyl groups is 1. The summed E-state index contributed by atoms with van der Waals surface area (Å²) >= 11 is 1.80. The number of hydrogen-bond acceptors (Lipinski definition) is 4. The van der Waals surface area contributed by atoms with Crippen LogP contribution in [0.2, 0.25) is 0 Å². The van der Waals surface area contributed by atoms with Crippen LogP contribution in [0.4, 0.5) is 0 Å². The highest BCUT2D eigenvalue weighted by atomic mass is 32.2. The van der Waals surface area contributed by atoms with E-state index in [0.717, 1.165) is 11.3 Å². The Hall–Kier alpha value is -1.49.